The monoisotopic (exact) mass is 181 g/mol. The molecule has 1 aliphatic heterocycles. The Morgan fingerprint density at radius 3 is 1.77 bits per heavy atom. The summed E-state index contributed by atoms with van der Waals surface area (Å²) >= 11 is 0. The van der Waals surface area contributed by atoms with Crippen LogP contribution < -0.4 is 5.53 Å². The fourth-order valence-electron chi connectivity index (χ4n) is 2.30. The first-order valence-corrected chi connectivity index (χ1v) is 5.25. The van der Waals surface area contributed by atoms with E-state index < -0.39 is 0 Å². The lowest BCUT2D eigenvalue weighted by Gasteiger charge is -2.17. The lowest BCUT2D eigenvalue weighted by atomic mass is 10.0. The summed E-state index contributed by atoms with van der Waals surface area (Å²) in [5.41, 5.74) is 6.31. The molecule has 0 aromatic heterocycles. The zero-order chi connectivity index (χ0) is 9.26. The molecule has 3 heteroatoms. The third-order valence-corrected chi connectivity index (χ3v) is 3.02. The molecule has 1 heterocycles. The highest BCUT2D eigenvalue weighted by molar-refractivity contribution is 5.15. The zero-order valence-corrected chi connectivity index (χ0v) is 8.64. The van der Waals surface area contributed by atoms with Crippen LogP contribution in [0.2, 0.25) is 0 Å². The maximum absolute atomic E-state index is 3.31. The number of hydrazine groups is 2. The Morgan fingerprint density at radius 1 is 0.846 bits per heavy atom. The SMILES string of the molecule is CN1NN(C)C2=C1CCCCCC2. The maximum Gasteiger partial charge on any atom is 0.0514 e. The van der Waals surface area contributed by atoms with Crippen LogP contribution >= 0.6 is 0 Å². The van der Waals surface area contributed by atoms with Crippen molar-refractivity contribution < 1.29 is 0 Å². The molecule has 0 aromatic rings. The van der Waals surface area contributed by atoms with Gasteiger partial charge in [-0.25, -0.2) is 0 Å². The first-order valence-electron chi connectivity index (χ1n) is 5.25. The van der Waals surface area contributed by atoms with Gasteiger partial charge in [0.1, 0.15) is 0 Å². The number of rotatable bonds is 0. The van der Waals surface area contributed by atoms with Crippen LogP contribution in [0.4, 0.5) is 0 Å². The van der Waals surface area contributed by atoms with Crippen molar-refractivity contribution in [3.8, 4) is 0 Å². The summed E-state index contributed by atoms with van der Waals surface area (Å²) in [7, 11) is 4.22. The quantitative estimate of drug-likeness (QED) is 0.615. The summed E-state index contributed by atoms with van der Waals surface area (Å²) in [5.74, 6) is 0. The third-order valence-electron chi connectivity index (χ3n) is 3.02. The number of hydrogen-bond acceptors (Lipinski definition) is 3. The molecule has 0 amide bonds. The van der Waals surface area contributed by atoms with Crippen LogP contribution in [0.15, 0.2) is 11.4 Å². The van der Waals surface area contributed by atoms with Crippen molar-refractivity contribution in [2.75, 3.05) is 14.1 Å². The van der Waals surface area contributed by atoms with Crippen molar-refractivity contribution >= 4 is 0 Å². The fraction of sp³-hybridized carbons (Fsp3) is 0.800. The number of nitrogens with zero attached hydrogens (tertiary/aromatic N) is 2. The molecule has 0 fully saturated rings. The van der Waals surface area contributed by atoms with E-state index in [-0.39, 0.29) is 0 Å². The van der Waals surface area contributed by atoms with Crippen LogP contribution in [0.1, 0.15) is 38.5 Å². The molecule has 0 aromatic carbocycles. The van der Waals surface area contributed by atoms with Gasteiger partial charge >= 0.3 is 0 Å². The van der Waals surface area contributed by atoms with Crippen LogP contribution in [0.25, 0.3) is 0 Å². The normalized spacial score (nSPS) is 24.5. The van der Waals surface area contributed by atoms with Crippen molar-refractivity contribution in [2.45, 2.75) is 38.5 Å². The summed E-state index contributed by atoms with van der Waals surface area (Å²) in [6.45, 7) is 0. The van der Waals surface area contributed by atoms with Gasteiger partial charge in [-0.3, -0.25) is 10.0 Å². The molecule has 0 bridgehead atoms. The van der Waals surface area contributed by atoms with Gasteiger partial charge in [-0.15, -0.1) is 5.53 Å². The molecule has 0 saturated heterocycles. The molecule has 0 radical (unpaired) electrons. The minimum atomic E-state index is 1.24. The Bertz CT molecular complexity index is 200. The Hall–Kier alpha value is -0.700. The Morgan fingerprint density at radius 2 is 1.31 bits per heavy atom. The van der Waals surface area contributed by atoms with E-state index in [1.165, 1.54) is 49.9 Å². The van der Waals surface area contributed by atoms with Crippen molar-refractivity contribution in [3.05, 3.63) is 11.4 Å². The zero-order valence-electron chi connectivity index (χ0n) is 8.64. The van der Waals surface area contributed by atoms with Crippen LogP contribution in [0.5, 0.6) is 0 Å². The fourth-order valence-corrected chi connectivity index (χ4v) is 2.30. The van der Waals surface area contributed by atoms with Gasteiger partial charge in [0.2, 0.25) is 0 Å². The number of hydrogen-bond donors (Lipinski definition) is 1. The highest BCUT2D eigenvalue weighted by Crippen LogP contribution is 2.28. The lowest BCUT2D eigenvalue weighted by molar-refractivity contribution is 0.170. The van der Waals surface area contributed by atoms with E-state index in [2.05, 4.69) is 29.6 Å². The van der Waals surface area contributed by atoms with E-state index in [0.29, 0.717) is 0 Å². The minimum absolute atomic E-state index is 1.24. The third kappa shape index (κ3) is 1.66. The van der Waals surface area contributed by atoms with E-state index in [1.807, 2.05) is 0 Å². The number of nitrogens with one attached hydrogen (secondary N) is 1. The van der Waals surface area contributed by atoms with E-state index in [4.69, 9.17) is 0 Å². The molecule has 13 heavy (non-hydrogen) atoms. The standard InChI is InChI=1S/C10H19N3/c1-12-9-7-5-3-4-6-8-10(9)13(2)11-12/h11H,3-8H2,1-2H3. The van der Waals surface area contributed by atoms with Crippen LogP contribution in [0.3, 0.4) is 0 Å². The smallest absolute Gasteiger partial charge is 0.0514 e. The first-order chi connectivity index (χ1) is 6.29. The molecule has 0 spiro atoms. The van der Waals surface area contributed by atoms with Crippen molar-refractivity contribution in [1.29, 1.82) is 0 Å². The van der Waals surface area contributed by atoms with Gasteiger partial charge in [0.15, 0.2) is 0 Å². The van der Waals surface area contributed by atoms with Crippen molar-refractivity contribution in [3.63, 3.8) is 0 Å². The second-order valence-corrected chi connectivity index (χ2v) is 4.03. The van der Waals surface area contributed by atoms with Crippen molar-refractivity contribution in [2.24, 2.45) is 0 Å². The van der Waals surface area contributed by atoms with Crippen molar-refractivity contribution in [1.82, 2.24) is 15.6 Å². The molecular formula is C10H19N3. The van der Waals surface area contributed by atoms with Gasteiger partial charge in [-0.2, -0.15) is 0 Å². The van der Waals surface area contributed by atoms with Gasteiger partial charge < -0.3 is 0 Å². The van der Waals surface area contributed by atoms with E-state index >= 15 is 0 Å². The molecule has 2 rings (SSSR count). The van der Waals surface area contributed by atoms with Gasteiger partial charge in [0.05, 0.1) is 11.4 Å². The summed E-state index contributed by atoms with van der Waals surface area (Å²) in [6, 6.07) is 0. The molecule has 0 atom stereocenters. The Balaban J connectivity index is 2.17. The van der Waals surface area contributed by atoms with E-state index in [0.717, 1.165) is 0 Å². The molecule has 3 nitrogen and oxygen atoms in total. The average molecular weight is 181 g/mol. The largest absolute Gasteiger partial charge is 0.296 e. The second kappa shape index (κ2) is 3.58. The van der Waals surface area contributed by atoms with Crippen LogP contribution in [-0.4, -0.2) is 24.1 Å². The lowest BCUT2D eigenvalue weighted by Crippen LogP contribution is -2.36. The summed E-state index contributed by atoms with van der Waals surface area (Å²) in [5, 5.41) is 4.33. The summed E-state index contributed by atoms with van der Waals surface area (Å²) < 4.78 is 0. The molecule has 2 aliphatic rings. The molecule has 74 valence electrons. The number of allylic oxidation sites excluding steroid dienone is 2. The highest BCUT2D eigenvalue weighted by atomic mass is 15.8. The molecule has 0 saturated carbocycles. The summed E-state index contributed by atoms with van der Waals surface area (Å²) in [6.07, 6.45) is 7.96. The maximum atomic E-state index is 3.31. The van der Waals surface area contributed by atoms with Crippen LogP contribution in [-0.2, 0) is 0 Å². The van der Waals surface area contributed by atoms with Gasteiger partial charge in [0, 0.05) is 14.1 Å². The topological polar surface area (TPSA) is 18.5 Å². The van der Waals surface area contributed by atoms with E-state index in [1.54, 1.807) is 0 Å². The minimum Gasteiger partial charge on any atom is -0.296 e. The molecule has 1 aliphatic carbocycles. The van der Waals surface area contributed by atoms with Gasteiger partial charge in [-0.05, 0) is 25.7 Å². The van der Waals surface area contributed by atoms with Crippen LogP contribution in [0, 0.1) is 0 Å². The second-order valence-electron chi connectivity index (χ2n) is 4.03. The van der Waals surface area contributed by atoms with Gasteiger partial charge in [-0.1, -0.05) is 12.8 Å². The molecule has 1 N–H and O–H groups in total. The predicted octanol–water partition coefficient (Wildman–Crippen LogP) is 1.85. The van der Waals surface area contributed by atoms with E-state index in [9.17, 15) is 0 Å². The first kappa shape index (κ1) is 8.88. The Labute approximate surface area is 80.3 Å². The molecule has 0 unspecified atom stereocenters. The average Bonchev–Trinajstić information content (AvgIpc) is 2.25. The Kier molecular flexibility index (Phi) is 2.44. The summed E-state index contributed by atoms with van der Waals surface area (Å²) in [4.78, 5) is 0. The molecular weight excluding hydrogens is 162 g/mol. The predicted molar refractivity (Wildman–Crippen MR) is 53.4 cm³/mol. The van der Waals surface area contributed by atoms with Gasteiger partial charge in [0.25, 0.3) is 0 Å². The highest BCUT2D eigenvalue weighted by Gasteiger charge is 2.23.